The molecule has 0 radical (unpaired) electrons. The van der Waals surface area contributed by atoms with E-state index in [1.165, 1.54) is 0 Å². The summed E-state index contributed by atoms with van der Waals surface area (Å²) in [4.78, 5) is 35.4. The average molecular weight is 426 g/mol. The molecule has 2 aromatic carbocycles. The maximum Gasteiger partial charge on any atom is 0.407 e. The molecule has 8 nitrogen and oxygen atoms in total. The van der Waals surface area contributed by atoms with E-state index in [0.717, 1.165) is 22.3 Å². The Kier molecular flexibility index (Phi) is 7.25. The minimum Gasteiger partial charge on any atom is -0.479 e. The number of aliphatic hydroxyl groups excluding tert-OH is 1. The van der Waals surface area contributed by atoms with Gasteiger partial charge in [0.15, 0.2) is 6.10 Å². The van der Waals surface area contributed by atoms with Crippen LogP contribution in [0.5, 0.6) is 0 Å². The molecular weight excluding hydrogens is 400 g/mol. The lowest BCUT2D eigenvalue weighted by Gasteiger charge is -2.19. The van der Waals surface area contributed by atoms with Crippen molar-refractivity contribution in [2.75, 3.05) is 13.2 Å². The van der Waals surface area contributed by atoms with Gasteiger partial charge in [0, 0.05) is 5.92 Å². The molecule has 31 heavy (non-hydrogen) atoms. The summed E-state index contributed by atoms with van der Waals surface area (Å²) in [6.45, 7) is 1.53. The van der Waals surface area contributed by atoms with E-state index < -0.39 is 36.7 Å². The number of aliphatic carboxylic acids is 1. The van der Waals surface area contributed by atoms with Gasteiger partial charge in [-0.05, 0) is 28.7 Å². The lowest BCUT2D eigenvalue weighted by Crippen LogP contribution is -2.49. The Balaban J connectivity index is 1.61. The van der Waals surface area contributed by atoms with E-state index in [1.54, 1.807) is 0 Å². The molecule has 0 aromatic heterocycles. The van der Waals surface area contributed by atoms with Crippen LogP contribution in [0, 0.1) is 0 Å². The van der Waals surface area contributed by atoms with Gasteiger partial charge in [0.05, 0.1) is 6.54 Å². The lowest BCUT2D eigenvalue weighted by atomic mass is 9.98. The molecule has 0 aliphatic heterocycles. The number of alkyl carbamates (subject to hydrolysis) is 1. The molecule has 4 N–H and O–H groups in total. The van der Waals surface area contributed by atoms with Crippen molar-refractivity contribution < 1.29 is 29.3 Å². The van der Waals surface area contributed by atoms with Crippen LogP contribution in [0.15, 0.2) is 48.5 Å². The first kappa shape index (κ1) is 22.3. The summed E-state index contributed by atoms with van der Waals surface area (Å²) in [6.07, 6.45) is -1.47. The third-order valence-corrected chi connectivity index (χ3v) is 5.28. The molecular formula is C23H26N2O6. The smallest absolute Gasteiger partial charge is 0.407 e. The second-order valence-corrected chi connectivity index (χ2v) is 7.41. The van der Waals surface area contributed by atoms with Gasteiger partial charge in [0.1, 0.15) is 12.6 Å². The number of carbonyl (C=O) groups is 3. The number of rotatable bonds is 9. The highest BCUT2D eigenvalue weighted by atomic mass is 16.5. The fraction of sp³-hybridized carbons (Fsp3) is 0.348. The molecule has 0 bridgehead atoms. The number of hydrogen-bond donors (Lipinski definition) is 4. The molecule has 0 spiro atoms. The van der Waals surface area contributed by atoms with Crippen LogP contribution >= 0.6 is 0 Å². The minimum atomic E-state index is -1.71. The lowest BCUT2D eigenvalue weighted by molar-refractivity contribution is -0.146. The Bertz CT molecular complexity index is 915. The number of carboxylic acid groups (broad SMARTS) is 1. The molecule has 0 heterocycles. The highest BCUT2D eigenvalue weighted by Gasteiger charge is 2.29. The normalized spacial score (nSPS) is 14.1. The summed E-state index contributed by atoms with van der Waals surface area (Å²) < 4.78 is 5.46. The van der Waals surface area contributed by atoms with Crippen LogP contribution in [0.1, 0.15) is 36.8 Å². The third kappa shape index (κ3) is 5.21. The van der Waals surface area contributed by atoms with Crippen molar-refractivity contribution in [1.29, 1.82) is 0 Å². The van der Waals surface area contributed by atoms with Crippen LogP contribution < -0.4 is 10.6 Å². The summed E-state index contributed by atoms with van der Waals surface area (Å²) in [5, 5.41) is 22.9. The molecule has 1 aliphatic rings. The summed E-state index contributed by atoms with van der Waals surface area (Å²) in [5.41, 5.74) is 4.41. The number of carbonyl (C=O) groups excluding carboxylic acids is 2. The van der Waals surface area contributed by atoms with Crippen molar-refractivity contribution in [1.82, 2.24) is 10.6 Å². The highest BCUT2D eigenvalue weighted by molar-refractivity contribution is 5.86. The van der Waals surface area contributed by atoms with Gasteiger partial charge < -0.3 is 25.6 Å². The second kappa shape index (κ2) is 10.1. The Labute approximate surface area is 180 Å². The number of hydrogen-bond acceptors (Lipinski definition) is 5. The van der Waals surface area contributed by atoms with Crippen LogP contribution in [0.2, 0.25) is 0 Å². The molecule has 1 aliphatic carbocycles. The van der Waals surface area contributed by atoms with E-state index >= 15 is 0 Å². The van der Waals surface area contributed by atoms with Crippen LogP contribution in [0.25, 0.3) is 11.1 Å². The minimum absolute atomic E-state index is 0.0951. The number of nitrogens with one attached hydrogen (secondary N) is 2. The van der Waals surface area contributed by atoms with Gasteiger partial charge in [0.2, 0.25) is 5.91 Å². The standard InChI is InChI=1S/C23H26N2O6/c1-2-7-19(21(27)24-12-20(26)22(28)29)25-23(30)31-13-18-16-10-5-3-8-14(16)15-9-4-6-11-17(15)18/h3-6,8-11,18-20,26H,2,7,12-13H2,1H3,(H,24,27)(H,25,30)(H,28,29)/t19-,20?/m0/s1. The maximum absolute atomic E-state index is 12.4. The zero-order chi connectivity index (χ0) is 22.4. The molecule has 0 saturated heterocycles. The molecule has 1 unspecified atom stereocenters. The van der Waals surface area contributed by atoms with Crippen LogP contribution in [-0.2, 0) is 14.3 Å². The van der Waals surface area contributed by atoms with E-state index in [-0.39, 0.29) is 12.5 Å². The molecule has 164 valence electrons. The van der Waals surface area contributed by atoms with Gasteiger partial charge in [-0.2, -0.15) is 0 Å². The molecule has 3 rings (SSSR count). The van der Waals surface area contributed by atoms with Gasteiger partial charge in [-0.3, -0.25) is 4.79 Å². The van der Waals surface area contributed by atoms with E-state index in [0.29, 0.717) is 12.8 Å². The Morgan fingerprint density at radius 1 is 1.03 bits per heavy atom. The number of aliphatic hydroxyl groups is 1. The fourth-order valence-electron chi connectivity index (χ4n) is 3.75. The van der Waals surface area contributed by atoms with E-state index in [4.69, 9.17) is 9.84 Å². The van der Waals surface area contributed by atoms with Crippen molar-refractivity contribution in [2.45, 2.75) is 37.8 Å². The first-order valence-corrected chi connectivity index (χ1v) is 10.2. The highest BCUT2D eigenvalue weighted by Crippen LogP contribution is 2.44. The topological polar surface area (TPSA) is 125 Å². The van der Waals surface area contributed by atoms with Crippen molar-refractivity contribution in [3.63, 3.8) is 0 Å². The van der Waals surface area contributed by atoms with Crippen LogP contribution in [0.3, 0.4) is 0 Å². The quantitative estimate of drug-likeness (QED) is 0.487. The van der Waals surface area contributed by atoms with E-state index in [2.05, 4.69) is 10.6 Å². The zero-order valence-electron chi connectivity index (χ0n) is 17.2. The number of benzene rings is 2. The average Bonchev–Trinajstić information content (AvgIpc) is 3.09. The first-order valence-electron chi connectivity index (χ1n) is 10.2. The van der Waals surface area contributed by atoms with E-state index in [1.807, 2.05) is 55.5 Å². The van der Waals surface area contributed by atoms with Crippen LogP contribution in [-0.4, -0.2) is 53.5 Å². The van der Waals surface area contributed by atoms with Gasteiger partial charge in [0.25, 0.3) is 0 Å². The predicted molar refractivity (Wildman–Crippen MR) is 114 cm³/mol. The van der Waals surface area contributed by atoms with Crippen molar-refractivity contribution in [2.24, 2.45) is 0 Å². The van der Waals surface area contributed by atoms with E-state index in [9.17, 15) is 19.5 Å². The maximum atomic E-state index is 12.4. The summed E-state index contributed by atoms with van der Waals surface area (Å²) in [5.74, 6) is -2.10. The van der Waals surface area contributed by atoms with Crippen LogP contribution in [0.4, 0.5) is 4.79 Å². The second-order valence-electron chi connectivity index (χ2n) is 7.41. The third-order valence-electron chi connectivity index (χ3n) is 5.28. The monoisotopic (exact) mass is 426 g/mol. The SMILES string of the molecule is CCC[C@H](NC(=O)OCC1c2ccccc2-c2ccccc21)C(=O)NCC(O)C(=O)O. The molecule has 2 aromatic rings. The number of ether oxygens (including phenoxy) is 1. The van der Waals surface area contributed by atoms with Gasteiger partial charge >= 0.3 is 12.1 Å². The van der Waals surface area contributed by atoms with Gasteiger partial charge in [-0.25, -0.2) is 9.59 Å². The van der Waals surface area contributed by atoms with Crippen molar-refractivity contribution in [3.05, 3.63) is 59.7 Å². The largest absolute Gasteiger partial charge is 0.479 e. The molecule has 2 atom stereocenters. The predicted octanol–water partition coefficient (Wildman–Crippen LogP) is 2.26. The van der Waals surface area contributed by atoms with Crippen molar-refractivity contribution >= 4 is 18.0 Å². The Hall–Kier alpha value is -3.39. The first-order chi connectivity index (χ1) is 14.9. The number of fused-ring (bicyclic) bond motifs is 3. The Morgan fingerprint density at radius 3 is 2.16 bits per heavy atom. The molecule has 8 heteroatoms. The molecule has 0 fully saturated rings. The van der Waals surface area contributed by atoms with Gasteiger partial charge in [-0.15, -0.1) is 0 Å². The molecule has 2 amide bonds. The Morgan fingerprint density at radius 2 is 1.61 bits per heavy atom. The summed E-state index contributed by atoms with van der Waals surface area (Å²) >= 11 is 0. The fourth-order valence-corrected chi connectivity index (χ4v) is 3.75. The summed E-state index contributed by atoms with van der Waals surface area (Å²) in [6, 6.07) is 15.1. The van der Waals surface area contributed by atoms with Gasteiger partial charge in [-0.1, -0.05) is 61.9 Å². The molecule has 0 saturated carbocycles. The number of carboxylic acids is 1. The summed E-state index contributed by atoms with van der Waals surface area (Å²) in [7, 11) is 0. The van der Waals surface area contributed by atoms with Crippen molar-refractivity contribution in [3.8, 4) is 11.1 Å². The number of amides is 2. The zero-order valence-corrected chi connectivity index (χ0v) is 17.2.